The maximum absolute atomic E-state index is 6.02. The van der Waals surface area contributed by atoms with Gasteiger partial charge in [-0.2, -0.15) is 4.98 Å². The summed E-state index contributed by atoms with van der Waals surface area (Å²) in [5.74, 6) is 1.46. The fourth-order valence-electron chi connectivity index (χ4n) is 2.38. The highest BCUT2D eigenvalue weighted by Crippen LogP contribution is 2.27. The standard InChI is InChI=1S/C13H22N4O/c1-16(2)10-5-4-8-17(9-10)13-11(14)6-7-12(15-13)18-3/h6-7,10H,4-5,8-9,14H2,1-3H3. The van der Waals surface area contributed by atoms with Gasteiger partial charge in [0.25, 0.3) is 0 Å². The molecule has 5 heteroatoms. The van der Waals surface area contributed by atoms with E-state index in [1.165, 1.54) is 12.8 Å². The van der Waals surface area contributed by atoms with Crippen LogP contribution in [0.4, 0.5) is 11.5 Å². The van der Waals surface area contributed by atoms with Crippen molar-refractivity contribution in [3.63, 3.8) is 0 Å². The molecule has 18 heavy (non-hydrogen) atoms. The Morgan fingerprint density at radius 2 is 2.22 bits per heavy atom. The predicted octanol–water partition coefficient (Wildman–Crippen LogP) is 1.20. The van der Waals surface area contributed by atoms with Crippen molar-refractivity contribution in [3.8, 4) is 5.88 Å². The summed E-state index contributed by atoms with van der Waals surface area (Å²) >= 11 is 0. The van der Waals surface area contributed by atoms with Crippen molar-refractivity contribution < 1.29 is 4.74 Å². The van der Waals surface area contributed by atoms with E-state index in [1.807, 2.05) is 6.07 Å². The van der Waals surface area contributed by atoms with Gasteiger partial charge in [-0.15, -0.1) is 0 Å². The van der Waals surface area contributed by atoms with Gasteiger partial charge in [-0.25, -0.2) is 0 Å². The minimum absolute atomic E-state index is 0.561. The van der Waals surface area contributed by atoms with E-state index >= 15 is 0 Å². The van der Waals surface area contributed by atoms with E-state index in [4.69, 9.17) is 10.5 Å². The number of piperidine rings is 1. The predicted molar refractivity (Wildman–Crippen MR) is 74.1 cm³/mol. The molecule has 0 radical (unpaired) electrons. The number of rotatable bonds is 3. The molecule has 1 aliphatic heterocycles. The van der Waals surface area contributed by atoms with E-state index in [0.29, 0.717) is 11.9 Å². The molecule has 1 aliphatic rings. The Labute approximate surface area is 109 Å². The lowest BCUT2D eigenvalue weighted by atomic mass is 10.0. The summed E-state index contributed by atoms with van der Waals surface area (Å²) in [5.41, 5.74) is 6.74. The summed E-state index contributed by atoms with van der Waals surface area (Å²) in [7, 11) is 5.87. The molecule has 5 nitrogen and oxygen atoms in total. The van der Waals surface area contributed by atoms with Crippen LogP contribution in [-0.2, 0) is 0 Å². The molecule has 1 atom stereocenters. The summed E-state index contributed by atoms with van der Waals surface area (Å²) < 4.78 is 5.17. The average Bonchev–Trinajstić information content (AvgIpc) is 2.39. The molecule has 1 unspecified atom stereocenters. The van der Waals surface area contributed by atoms with Crippen LogP contribution in [0.3, 0.4) is 0 Å². The lowest BCUT2D eigenvalue weighted by Crippen LogP contribution is -2.45. The van der Waals surface area contributed by atoms with E-state index in [9.17, 15) is 0 Å². The number of hydrogen-bond acceptors (Lipinski definition) is 5. The molecule has 0 aromatic carbocycles. The van der Waals surface area contributed by atoms with Crippen molar-refractivity contribution in [3.05, 3.63) is 12.1 Å². The lowest BCUT2D eigenvalue weighted by Gasteiger charge is -2.37. The molecule has 1 saturated heterocycles. The molecule has 0 aliphatic carbocycles. The minimum atomic E-state index is 0.561. The number of aromatic nitrogens is 1. The van der Waals surface area contributed by atoms with Gasteiger partial charge in [0.2, 0.25) is 5.88 Å². The van der Waals surface area contributed by atoms with Crippen LogP contribution in [0, 0.1) is 0 Å². The Hall–Kier alpha value is -1.49. The monoisotopic (exact) mass is 250 g/mol. The molecule has 1 aromatic rings. The van der Waals surface area contributed by atoms with Crippen LogP contribution in [0.25, 0.3) is 0 Å². The van der Waals surface area contributed by atoms with Gasteiger partial charge in [-0.05, 0) is 33.0 Å². The molecule has 2 rings (SSSR count). The highest BCUT2D eigenvalue weighted by atomic mass is 16.5. The Bertz CT molecular complexity index is 408. The number of pyridine rings is 1. The molecule has 1 fully saturated rings. The van der Waals surface area contributed by atoms with Gasteiger partial charge in [-0.1, -0.05) is 0 Å². The largest absolute Gasteiger partial charge is 0.481 e. The van der Waals surface area contributed by atoms with Gasteiger partial charge in [-0.3, -0.25) is 0 Å². The zero-order chi connectivity index (χ0) is 13.1. The van der Waals surface area contributed by atoms with Crippen molar-refractivity contribution in [2.75, 3.05) is 44.9 Å². The molecule has 100 valence electrons. The van der Waals surface area contributed by atoms with Crippen LogP contribution in [0.15, 0.2) is 12.1 Å². The molecule has 0 bridgehead atoms. The van der Waals surface area contributed by atoms with Crippen LogP contribution < -0.4 is 15.4 Å². The highest BCUT2D eigenvalue weighted by Gasteiger charge is 2.23. The summed E-state index contributed by atoms with van der Waals surface area (Å²) in [6.07, 6.45) is 2.40. The zero-order valence-corrected chi connectivity index (χ0v) is 11.4. The van der Waals surface area contributed by atoms with Crippen LogP contribution in [0.1, 0.15) is 12.8 Å². The lowest BCUT2D eigenvalue weighted by molar-refractivity contribution is 0.257. The van der Waals surface area contributed by atoms with Crippen LogP contribution in [0.5, 0.6) is 5.88 Å². The first kappa shape index (κ1) is 13.0. The van der Waals surface area contributed by atoms with Gasteiger partial charge in [0, 0.05) is 25.2 Å². The molecular formula is C13H22N4O. The Morgan fingerprint density at radius 1 is 1.44 bits per heavy atom. The maximum atomic E-state index is 6.02. The molecule has 0 spiro atoms. The third-order valence-electron chi connectivity index (χ3n) is 3.52. The van der Waals surface area contributed by atoms with Gasteiger partial charge in [0.05, 0.1) is 12.8 Å². The van der Waals surface area contributed by atoms with Gasteiger partial charge < -0.3 is 20.3 Å². The van der Waals surface area contributed by atoms with E-state index < -0.39 is 0 Å². The van der Waals surface area contributed by atoms with Crippen molar-refractivity contribution in [2.45, 2.75) is 18.9 Å². The van der Waals surface area contributed by atoms with Crippen LogP contribution in [-0.4, -0.2) is 50.2 Å². The Balaban J connectivity index is 2.19. The Morgan fingerprint density at radius 3 is 2.89 bits per heavy atom. The number of methoxy groups -OCH3 is 1. The summed E-state index contributed by atoms with van der Waals surface area (Å²) in [6.45, 7) is 1.98. The highest BCUT2D eigenvalue weighted by molar-refractivity contribution is 5.63. The second-order valence-corrected chi connectivity index (χ2v) is 4.97. The number of nitrogens with two attached hydrogens (primary N) is 1. The molecule has 0 saturated carbocycles. The number of hydrogen-bond donors (Lipinski definition) is 1. The topological polar surface area (TPSA) is 54.6 Å². The fourth-order valence-corrected chi connectivity index (χ4v) is 2.38. The molecule has 2 N–H and O–H groups in total. The average molecular weight is 250 g/mol. The van der Waals surface area contributed by atoms with Crippen molar-refractivity contribution >= 4 is 11.5 Å². The first-order valence-corrected chi connectivity index (χ1v) is 6.33. The summed E-state index contributed by atoms with van der Waals surface area (Å²) in [5, 5.41) is 0. The number of nitrogens with zero attached hydrogens (tertiary/aromatic N) is 3. The van der Waals surface area contributed by atoms with Gasteiger partial charge >= 0.3 is 0 Å². The van der Waals surface area contributed by atoms with E-state index in [-0.39, 0.29) is 0 Å². The first-order chi connectivity index (χ1) is 8.61. The van der Waals surface area contributed by atoms with Crippen molar-refractivity contribution in [2.24, 2.45) is 0 Å². The Kier molecular flexibility index (Phi) is 3.91. The SMILES string of the molecule is COc1ccc(N)c(N2CCCC(N(C)C)C2)n1. The van der Waals surface area contributed by atoms with E-state index in [2.05, 4.69) is 28.9 Å². The maximum Gasteiger partial charge on any atom is 0.215 e. The number of likely N-dealkylation sites (N-methyl/N-ethyl adjacent to an activating group) is 1. The van der Waals surface area contributed by atoms with E-state index in [0.717, 1.165) is 24.6 Å². The van der Waals surface area contributed by atoms with Crippen LogP contribution in [0.2, 0.25) is 0 Å². The second kappa shape index (κ2) is 5.44. The summed E-state index contributed by atoms with van der Waals surface area (Å²) in [6, 6.07) is 4.22. The van der Waals surface area contributed by atoms with Crippen LogP contribution >= 0.6 is 0 Å². The number of anilines is 2. The number of nitrogen functional groups attached to an aromatic ring is 1. The smallest absolute Gasteiger partial charge is 0.215 e. The third-order valence-corrected chi connectivity index (χ3v) is 3.52. The van der Waals surface area contributed by atoms with Gasteiger partial charge in [0.1, 0.15) is 0 Å². The van der Waals surface area contributed by atoms with E-state index in [1.54, 1.807) is 13.2 Å². The molecular weight excluding hydrogens is 228 g/mol. The van der Waals surface area contributed by atoms with Crippen molar-refractivity contribution in [1.82, 2.24) is 9.88 Å². The zero-order valence-electron chi connectivity index (χ0n) is 11.4. The molecule has 1 aromatic heterocycles. The minimum Gasteiger partial charge on any atom is -0.481 e. The third kappa shape index (κ3) is 2.67. The normalized spacial score (nSPS) is 20.2. The first-order valence-electron chi connectivity index (χ1n) is 6.33. The quantitative estimate of drug-likeness (QED) is 0.873. The molecule has 0 amide bonds. The second-order valence-electron chi connectivity index (χ2n) is 4.97. The van der Waals surface area contributed by atoms with Crippen molar-refractivity contribution in [1.29, 1.82) is 0 Å². The molecule has 2 heterocycles. The summed E-state index contributed by atoms with van der Waals surface area (Å²) in [4.78, 5) is 8.99. The number of ether oxygens (including phenoxy) is 1. The fraction of sp³-hybridized carbons (Fsp3) is 0.615. The van der Waals surface area contributed by atoms with Gasteiger partial charge in [0.15, 0.2) is 5.82 Å².